The van der Waals surface area contributed by atoms with Crippen LogP contribution in [0, 0.1) is 0 Å². The Morgan fingerprint density at radius 1 is 1.20 bits per heavy atom. The number of nitrogens with one attached hydrogen (secondary N) is 2. The van der Waals surface area contributed by atoms with Gasteiger partial charge in [0.15, 0.2) is 11.5 Å². The highest BCUT2D eigenvalue weighted by Crippen LogP contribution is 2.37. The van der Waals surface area contributed by atoms with Gasteiger partial charge in [0.05, 0.1) is 12.6 Å². The van der Waals surface area contributed by atoms with Crippen LogP contribution in [0.2, 0.25) is 5.02 Å². The first-order valence-corrected chi connectivity index (χ1v) is 9.80. The number of aromatic nitrogens is 2. The molecular formula is C21H17ClN4O4. The Labute approximate surface area is 176 Å². The van der Waals surface area contributed by atoms with E-state index in [4.69, 9.17) is 21.1 Å². The Kier molecular flexibility index (Phi) is 4.55. The maximum absolute atomic E-state index is 12.6. The van der Waals surface area contributed by atoms with E-state index in [1.54, 1.807) is 41.2 Å². The van der Waals surface area contributed by atoms with Gasteiger partial charge in [-0.25, -0.2) is 4.68 Å². The second kappa shape index (κ2) is 7.38. The Hall–Kier alpha value is -3.52. The van der Waals surface area contributed by atoms with Crippen molar-refractivity contribution in [3.63, 3.8) is 0 Å². The van der Waals surface area contributed by atoms with Crippen molar-refractivity contribution in [3.8, 4) is 22.6 Å². The molecule has 1 atom stereocenters. The van der Waals surface area contributed by atoms with Crippen LogP contribution >= 0.6 is 11.6 Å². The molecule has 30 heavy (non-hydrogen) atoms. The van der Waals surface area contributed by atoms with E-state index in [0.717, 1.165) is 11.1 Å². The number of fused-ring (bicyclic) bond motifs is 2. The molecule has 0 spiro atoms. The van der Waals surface area contributed by atoms with Crippen LogP contribution in [0.15, 0.2) is 48.7 Å². The summed E-state index contributed by atoms with van der Waals surface area (Å²) in [6.07, 6.45) is 1.61. The molecule has 2 aromatic carbocycles. The van der Waals surface area contributed by atoms with Gasteiger partial charge in [-0.15, -0.1) is 0 Å². The zero-order chi connectivity index (χ0) is 20.7. The highest BCUT2D eigenvalue weighted by atomic mass is 35.5. The van der Waals surface area contributed by atoms with E-state index in [1.165, 1.54) is 0 Å². The van der Waals surface area contributed by atoms with Crippen LogP contribution in [0.5, 0.6) is 11.5 Å². The third-order valence-corrected chi connectivity index (χ3v) is 5.21. The fourth-order valence-corrected chi connectivity index (χ4v) is 3.78. The number of carbonyl (C=O) groups is 2. The molecule has 0 saturated heterocycles. The lowest BCUT2D eigenvalue weighted by molar-refractivity contribution is -0.123. The maximum Gasteiger partial charge on any atom is 0.251 e. The van der Waals surface area contributed by atoms with Gasteiger partial charge in [0.1, 0.15) is 25.1 Å². The molecule has 2 amide bonds. The van der Waals surface area contributed by atoms with E-state index in [2.05, 4.69) is 15.7 Å². The Morgan fingerprint density at radius 3 is 2.87 bits per heavy atom. The van der Waals surface area contributed by atoms with Crippen LogP contribution < -0.4 is 20.1 Å². The van der Waals surface area contributed by atoms with Gasteiger partial charge in [-0.3, -0.25) is 9.59 Å². The van der Waals surface area contributed by atoms with Crippen LogP contribution in [0.1, 0.15) is 12.5 Å². The minimum atomic E-state index is -0.731. The first kappa shape index (κ1) is 18.5. The summed E-state index contributed by atoms with van der Waals surface area (Å²) in [7, 11) is 0. The number of anilines is 2. The number of hydrogen-bond donors (Lipinski definition) is 2. The van der Waals surface area contributed by atoms with Crippen LogP contribution in [0.4, 0.5) is 11.5 Å². The van der Waals surface area contributed by atoms with Crippen molar-refractivity contribution in [3.05, 3.63) is 53.7 Å². The summed E-state index contributed by atoms with van der Waals surface area (Å²) in [6.45, 7) is 0.961. The molecular weight excluding hydrogens is 408 g/mol. The number of ether oxygens (including phenoxy) is 2. The normalized spacial score (nSPS) is 16.7. The average Bonchev–Trinajstić information content (AvgIpc) is 3.27. The monoisotopic (exact) mass is 424 g/mol. The number of carbonyl (C=O) groups excluding carboxylic acids is 2. The molecule has 0 saturated carbocycles. The number of rotatable bonds is 4. The van der Waals surface area contributed by atoms with Crippen molar-refractivity contribution in [2.45, 2.75) is 12.5 Å². The standard InChI is InChI=1S/C21H17ClN4O4/c22-13-3-1-2-12(8-13)15-11-23-26-16(21(28)25-20(15)26)10-19(27)24-14-4-5-17-18(9-14)30-7-6-29-17/h1-5,8-9,11,16H,6-7,10H2,(H,24,27)(H,25,28). The van der Waals surface area contributed by atoms with Crippen LogP contribution in [-0.2, 0) is 9.59 Å². The lowest BCUT2D eigenvalue weighted by Gasteiger charge is -2.19. The van der Waals surface area contributed by atoms with E-state index in [-0.39, 0.29) is 18.2 Å². The molecule has 0 fully saturated rings. The van der Waals surface area contributed by atoms with Crippen molar-refractivity contribution in [1.82, 2.24) is 9.78 Å². The minimum absolute atomic E-state index is 0.0516. The van der Waals surface area contributed by atoms with Crippen LogP contribution in [0.3, 0.4) is 0 Å². The molecule has 2 aliphatic rings. The maximum atomic E-state index is 12.6. The first-order valence-electron chi connectivity index (χ1n) is 9.42. The van der Waals surface area contributed by atoms with E-state index in [0.29, 0.717) is 41.2 Å². The third-order valence-electron chi connectivity index (χ3n) is 4.98. The number of amides is 2. The lowest BCUT2D eigenvalue weighted by Crippen LogP contribution is -2.23. The Balaban J connectivity index is 1.33. The molecule has 8 nitrogen and oxygen atoms in total. The van der Waals surface area contributed by atoms with Crippen LogP contribution in [0.25, 0.3) is 11.1 Å². The topological polar surface area (TPSA) is 94.5 Å². The number of nitrogens with zero attached hydrogens (tertiary/aromatic N) is 2. The third kappa shape index (κ3) is 3.35. The first-order chi connectivity index (χ1) is 14.6. The summed E-state index contributed by atoms with van der Waals surface area (Å²) in [5.74, 6) is 1.19. The van der Waals surface area contributed by atoms with Gasteiger partial charge in [-0.1, -0.05) is 23.7 Å². The van der Waals surface area contributed by atoms with Gasteiger partial charge in [-0.05, 0) is 29.8 Å². The molecule has 1 unspecified atom stereocenters. The second-order valence-electron chi connectivity index (χ2n) is 6.98. The quantitative estimate of drug-likeness (QED) is 0.668. The summed E-state index contributed by atoms with van der Waals surface area (Å²) >= 11 is 6.08. The van der Waals surface area contributed by atoms with Gasteiger partial charge in [0.2, 0.25) is 5.91 Å². The van der Waals surface area contributed by atoms with Gasteiger partial charge in [0.25, 0.3) is 5.91 Å². The number of halogens is 1. The van der Waals surface area contributed by atoms with Gasteiger partial charge in [0, 0.05) is 22.3 Å². The molecule has 0 aliphatic carbocycles. The SMILES string of the molecule is O=C(CC1C(=O)Nc2c(-c3cccc(Cl)c3)cnn21)Nc1ccc2c(c1)OCCO2. The fourth-order valence-electron chi connectivity index (χ4n) is 3.59. The van der Waals surface area contributed by atoms with E-state index < -0.39 is 6.04 Å². The smallest absolute Gasteiger partial charge is 0.251 e. The van der Waals surface area contributed by atoms with Crippen molar-refractivity contribution in [2.24, 2.45) is 0 Å². The zero-order valence-electron chi connectivity index (χ0n) is 15.7. The predicted octanol–water partition coefficient (Wildman–Crippen LogP) is 3.50. The van der Waals surface area contributed by atoms with E-state index in [1.807, 2.05) is 12.1 Å². The molecule has 0 radical (unpaired) electrons. The van der Waals surface area contributed by atoms with Crippen molar-refractivity contribution < 1.29 is 19.1 Å². The summed E-state index contributed by atoms with van der Waals surface area (Å²) in [4.78, 5) is 25.1. The molecule has 9 heteroatoms. The molecule has 2 aliphatic heterocycles. The Bertz CT molecular complexity index is 1160. The largest absolute Gasteiger partial charge is 0.486 e. The Morgan fingerprint density at radius 2 is 2.03 bits per heavy atom. The van der Waals surface area contributed by atoms with Crippen molar-refractivity contribution >= 4 is 34.9 Å². The number of benzene rings is 2. The average molecular weight is 425 g/mol. The number of hydrogen-bond acceptors (Lipinski definition) is 5. The van der Waals surface area contributed by atoms with Gasteiger partial charge >= 0.3 is 0 Å². The summed E-state index contributed by atoms with van der Waals surface area (Å²) in [5.41, 5.74) is 2.16. The van der Waals surface area contributed by atoms with Gasteiger partial charge < -0.3 is 20.1 Å². The molecule has 2 N–H and O–H groups in total. The fraction of sp³-hybridized carbons (Fsp3) is 0.190. The van der Waals surface area contributed by atoms with Crippen LogP contribution in [-0.4, -0.2) is 34.8 Å². The van der Waals surface area contributed by atoms with E-state index in [9.17, 15) is 9.59 Å². The second-order valence-corrected chi connectivity index (χ2v) is 7.41. The summed E-state index contributed by atoms with van der Waals surface area (Å²) < 4.78 is 12.6. The zero-order valence-corrected chi connectivity index (χ0v) is 16.5. The lowest BCUT2D eigenvalue weighted by atomic mass is 10.1. The predicted molar refractivity (Wildman–Crippen MR) is 111 cm³/mol. The van der Waals surface area contributed by atoms with Crippen molar-refractivity contribution in [1.29, 1.82) is 0 Å². The summed E-state index contributed by atoms with van der Waals surface area (Å²) in [6, 6.07) is 11.7. The minimum Gasteiger partial charge on any atom is -0.486 e. The summed E-state index contributed by atoms with van der Waals surface area (Å²) in [5, 5.41) is 10.5. The highest BCUT2D eigenvalue weighted by Gasteiger charge is 2.35. The van der Waals surface area contributed by atoms with E-state index >= 15 is 0 Å². The highest BCUT2D eigenvalue weighted by molar-refractivity contribution is 6.30. The molecule has 0 bridgehead atoms. The molecule has 1 aromatic heterocycles. The van der Waals surface area contributed by atoms with Gasteiger partial charge in [-0.2, -0.15) is 5.10 Å². The molecule has 152 valence electrons. The molecule has 3 aromatic rings. The molecule has 3 heterocycles. The molecule has 5 rings (SSSR count). The van der Waals surface area contributed by atoms with Crippen molar-refractivity contribution in [2.75, 3.05) is 23.8 Å².